The molecule has 0 aliphatic heterocycles. The second-order valence-electron chi connectivity index (χ2n) is 4.58. The molecule has 0 radical (unpaired) electrons. The number of carbonyl (C=O) groups excluding carboxylic acids is 2. The van der Waals surface area contributed by atoms with Crippen molar-refractivity contribution in [2.45, 2.75) is 23.4 Å². The van der Waals surface area contributed by atoms with Crippen molar-refractivity contribution in [1.29, 1.82) is 0 Å². The number of rotatable bonds is 10. The highest BCUT2D eigenvalue weighted by Crippen LogP contribution is 2.52. The summed E-state index contributed by atoms with van der Waals surface area (Å²) < 4.78 is 115. The van der Waals surface area contributed by atoms with Gasteiger partial charge in [-0.1, -0.05) is 13.2 Å². The Balaban J connectivity index is 5.64. The predicted molar refractivity (Wildman–Crippen MR) is 67.0 cm³/mol. The summed E-state index contributed by atoms with van der Waals surface area (Å²) in [6.07, 6.45) is 0.598. The van der Waals surface area contributed by atoms with Crippen LogP contribution in [0.4, 0.5) is 35.1 Å². The first kappa shape index (κ1) is 22.9. The van der Waals surface area contributed by atoms with E-state index in [9.17, 15) is 44.7 Å². The summed E-state index contributed by atoms with van der Waals surface area (Å²) in [6, 6.07) is 0. The second-order valence-corrected chi connectivity index (χ2v) is 4.58. The monoisotopic (exact) mass is 384 g/mol. The number of hydrogen-bond donors (Lipinski definition) is 0. The summed E-state index contributed by atoms with van der Waals surface area (Å²) >= 11 is 0. The van der Waals surface area contributed by atoms with E-state index in [1.54, 1.807) is 0 Å². The van der Waals surface area contributed by atoms with E-state index in [0.29, 0.717) is 6.08 Å². The molecule has 0 fully saturated rings. The van der Waals surface area contributed by atoms with Crippen LogP contribution in [-0.2, 0) is 19.1 Å². The van der Waals surface area contributed by atoms with E-state index >= 15 is 0 Å². The molecule has 0 N–H and O–H groups in total. The summed E-state index contributed by atoms with van der Waals surface area (Å²) in [4.78, 5) is 21.3. The van der Waals surface area contributed by atoms with E-state index in [-0.39, 0.29) is 6.08 Å². The molecule has 0 saturated carbocycles. The van der Waals surface area contributed by atoms with Crippen molar-refractivity contribution >= 4 is 11.9 Å². The van der Waals surface area contributed by atoms with Crippen LogP contribution in [0.3, 0.4) is 0 Å². The van der Waals surface area contributed by atoms with Crippen LogP contribution in [0, 0.1) is 0 Å². The number of halogens is 8. The summed E-state index contributed by atoms with van der Waals surface area (Å²) in [5.74, 6) is -21.9. The Morgan fingerprint density at radius 3 is 1.56 bits per heavy atom. The third-order valence-corrected chi connectivity index (χ3v) is 2.80. The fourth-order valence-corrected chi connectivity index (χ4v) is 1.28. The molecule has 1 unspecified atom stereocenters. The topological polar surface area (TPSA) is 52.6 Å². The fourth-order valence-electron chi connectivity index (χ4n) is 1.28. The van der Waals surface area contributed by atoms with Gasteiger partial charge >= 0.3 is 29.7 Å². The number of carbonyl (C=O) groups is 2. The van der Waals surface area contributed by atoms with Crippen LogP contribution in [0.15, 0.2) is 25.3 Å². The van der Waals surface area contributed by atoms with E-state index in [4.69, 9.17) is 0 Å². The zero-order chi connectivity index (χ0) is 20.1. The van der Waals surface area contributed by atoms with E-state index in [1.807, 2.05) is 0 Å². The Labute approximate surface area is 136 Å². The number of alkyl halides is 8. The normalized spacial score (nSPS) is 15.0. The molecule has 0 heterocycles. The average Bonchev–Trinajstić information content (AvgIpc) is 2.56. The molecule has 0 spiro atoms. The number of esters is 2. The lowest BCUT2D eigenvalue weighted by molar-refractivity contribution is -0.353. The summed E-state index contributed by atoms with van der Waals surface area (Å²) in [5.41, 5.74) is -4.99. The van der Waals surface area contributed by atoms with E-state index in [0.717, 1.165) is 0 Å². The summed E-state index contributed by atoms with van der Waals surface area (Å²) in [6.45, 7) is -2.20. The predicted octanol–water partition coefficient (Wildman–Crippen LogP) is 3.03. The van der Waals surface area contributed by atoms with Gasteiger partial charge in [0.05, 0.1) is 0 Å². The highest BCUT2D eigenvalue weighted by molar-refractivity contribution is 5.81. The van der Waals surface area contributed by atoms with Gasteiger partial charge in [-0.3, -0.25) is 0 Å². The molecule has 0 amide bonds. The molecule has 0 bridgehead atoms. The van der Waals surface area contributed by atoms with Crippen molar-refractivity contribution in [2.24, 2.45) is 0 Å². The van der Waals surface area contributed by atoms with Crippen LogP contribution in [0.25, 0.3) is 0 Å². The van der Waals surface area contributed by atoms with Crippen LogP contribution in [0.2, 0.25) is 0 Å². The fraction of sp³-hybridized carbons (Fsp3) is 0.538. The van der Waals surface area contributed by atoms with Gasteiger partial charge in [-0.25, -0.2) is 18.4 Å². The van der Waals surface area contributed by atoms with Crippen LogP contribution >= 0.6 is 0 Å². The van der Waals surface area contributed by atoms with Crippen molar-refractivity contribution in [1.82, 2.24) is 0 Å². The molecule has 0 aromatic rings. The number of ether oxygens (including phenoxy) is 2. The minimum atomic E-state index is -6.51. The summed E-state index contributed by atoms with van der Waals surface area (Å²) in [7, 11) is 0. The van der Waals surface area contributed by atoms with Crippen LogP contribution in [-0.4, -0.2) is 55.3 Å². The van der Waals surface area contributed by atoms with Gasteiger partial charge in [0.15, 0.2) is 6.61 Å². The van der Waals surface area contributed by atoms with Crippen molar-refractivity contribution in [3.63, 3.8) is 0 Å². The highest BCUT2D eigenvalue weighted by Gasteiger charge is 2.80. The lowest BCUT2D eigenvalue weighted by Gasteiger charge is -2.38. The Kier molecular flexibility index (Phi) is 7.16. The maximum Gasteiger partial charge on any atom is 0.379 e. The van der Waals surface area contributed by atoms with Gasteiger partial charge in [-0.05, 0) is 0 Å². The molecule has 0 aliphatic carbocycles. The smallest absolute Gasteiger partial charge is 0.379 e. The minimum absolute atomic E-state index is 0.280. The standard InChI is InChI=1S/C13H12F8O4/c1-3-8(22)24-6-10(15,5-14)12(18,19)13(20,21)11(16,17)7-25-9(23)4-2/h3-4H,1-2,5-7H2. The molecular weight excluding hydrogens is 372 g/mol. The van der Waals surface area contributed by atoms with Gasteiger partial charge in [-0.2, -0.15) is 26.3 Å². The molecule has 4 nitrogen and oxygen atoms in total. The maximum absolute atomic E-state index is 13.9. The van der Waals surface area contributed by atoms with Crippen molar-refractivity contribution < 1.29 is 54.2 Å². The van der Waals surface area contributed by atoms with E-state index < -0.39 is 55.3 Å². The molecule has 144 valence electrons. The Hall–Kier alpha value is -2.14. The van der Waals surface area contributed by atoms with Crippen molar-refractivity contribution in [3.8, 4) is 0 Å². The SMILES string of the molecule is C=CC(=O)OCC(F)(F)C(F)(F)C(F)(F)C(F)(CF)COC(=O)C=C. The molecule has 0 saturated heterocycles. The van der Waals surface area contributed by atoms with Crippen LogP contribution in [0.5, 0.6) is 0 Å². The molecule has 0 aromatic carbocycles. The van der Waals surface area contributed by atoms with Crippen molar-refractivity contribution in [3.05, 3.63) is 25.3 Å². The first-order valence-electron chi connectivity index (χ1n) is 6.19. The van der Waals surface area contributed by atoms with Crippen LogP contribution in [0.1, 0.15) is 0 Å². The molecule has 25 heavy (non-hydrogen) atoms. The Morgan fingerprint density at radius 2 is 1.20 bits per heavy atom. The zero-order valence-corrected chi connectivity index (χ0v) is 12.3. The third-order valence-electron chi connectivity index (χ3n) is 2.80. The molecule has 0 aliphatic rings. The molecule has 12 heteroatoms. The molecular formula is C13H12F8O4. The first-order valence-corrected chi connectivity index (χ1v) is 6.19. The Bertz CT molecular complexity index is 534. The van der Waals surface area contributed by atoms with Crippen molar-refractivity contribution in [2.75, 3.05) is 19.9 Å². The largest absolute Gasteiger partial charge is 0.459 e. The second kappa shape index (κ2) is 7.83. The minimum Gasteiger partial charge on any atom is -0.459 e. The zero-order valence-electron chi connectivity index (χ0n) is 12.3. The Morgan fingerprint density at radius 1 is 0.800 bits per heavy atom. The van der Waals surface area contributed by atoms with Gasteiger partial charge in [0.2, 0.25) is 5.67 Å². The van der Waals surface area contributed by atoms with Gasteiger partial charge in [0, 0.05) is 12.2 Å². The maximum atomic E-state index is 13.9. The molecule has 1 atom stereocenters. The van der Waals surface area contributed by atoms with E-state index in [2.05, 4.69) is 22.6 Å². The quantitative estimate of drug-likeness (QED) is 0.330. The highest BCUT2D eigenvalue weighted by atomic mass is 19.3. The van der Waals surface area contributed by atoms with Gasteiger partial charge in [0.25, 0.3) is 0 Å². The van der Waals surface area contributed by atoms with Gasteiger partial charge in [-0.15, -0.1) is 0 Å². The van der Waals surface area contributed by atoms with Gasteiger partial charge < -0.3 is 9.47 Å². The lowest BCUT2D eigenvalue weighted by Crippen LogP contribution is -2.66. The molecule has 0 aromatic heterocycles. The summed E-state index contributed by atoms with van der Waals surface area (Å²) in [5, 5.41) is 0. The third kappa shape index (κ3) is 4.48. The van der Waals surface area contributed by atoms with Crippen LogP contribution < -0.4 is 0 Å². The average molecular weight is 384 g/mol. The van der Waals surface area contributed by atoms with Gasteiger partial charge in [0.1, 0.15) is 13.3 Å². The van der Waals surface area contributed by atoms with E-state index in [1.165, 1.54) is 0 Å². The lowest BCUT2D eigenvalue weighted by atomic mass is 9.90. The first-order chi connectivity index (χ1) is 11.2. The molecule has 0 rings (SSSR count). The number of hydrogen-bond acceptors (Lipinski definition) is 4.